The van der Waals surface area contributed by atoms with Gasteiger partial charge in [0, 0.05) is 25.7 Å². The Bertz CT molecular complexity index is 333. The molecule has 96 valence electrons. The van der Waals surface area contributed by atoms with Crippen molar-refractivity contribution in [3.05, 3.63) is 0 Å². The molecule has 17 heavy (non-hydrogen) atoms. The number of likely N-dealkylation sites (N-methyl/N-ethyl adjacent to an activating group) is 1. The van der Waals surface area contributed by atoms with Gasteiger partial charge in [-0.1, -0.05) is 0 Å². The first-order valence-electron chi connectivity index (χ1n) is 5.93. The number of carbonyl (C=O) groups is 2. The van der Waals surface area contributed by atoms with E-state index in [1.807, 2.05) is 0 Å². The molecular formula is C11H18N2O4. The average molecular weight is 242 g/mol. The lowest BCUT2D eigenvalue weighted by molar-refractivity contribution is -0.142. The highest BCUT2D eigenvalue weighted by Crippen LogP contribution is 2.42. The number of aliphatic carboxylic acids is 1. The monoisotopic (exact) mass is 242 g/mol. The number of hydrogen-bond acceptors (Lipinski definition) is 3. The minimum Gasteiger partial charge on any atom is -0.481 e. The van der Waals surface area contributed by atoms with E-state index in [1.54, 1.807) is 11.9 Å². The molecule has 2 bridgehead atoms. The fraction of sp³-hybridized carbons (Fsp3) is 0.818. The molecule has 2 amide bonds. The number of carboxylic acid groups (broad SMARTS) is 1. The zero-order chi connectivity index (χ0) is 12.6. The Morgan fingerprint density at radius 2 is 2.12 bits per heavy atom. The van der Waals surface area contributed by atoms with Gasteiger partial charge in [0.05, 0.1) is 12.5 Å². The van der Waals surface area contributed by atoms with Crippen LogP contribution >= 0.6 is 0 Å². The third-order valence-corrected chi connectivity index (χ3v) is 3.84. The Hall–Kier alpha value is -1.30. The molecule has 2 saturated heterocycles. The molecule has 6 heteroatoms. The zero-order valence-electron chi connectivity index (χ0n) is 9.87. The maximum atomic E-state index is 12.1. The predicted octanol–water partition coefficient (Wildman–Crippen LogP) is -0.0320. The Labute approximate surface area is 99.8 Å². The number of aliphatic hydroxyl groups is 1. The largest absolute Gasteiger partial charge is 0.481 e. The Morgan fingerprint density at radius 3 is 2.65 bits per heavy atom. The Kier molecular flexibility index (Phi) is 3.24. The fourth-order valence-corrected chi connectivity index (χ4v) is 2.99. The molecule has 6 nitrogen and oxygen atoms in total. The van der Waals surface area contributed by atoms with Gasteiger partial charge < -0.3 is 20.0 Å². The van der Waals surface area contributed by atoms with Crippen LogP contribution in [0.4, 0.5) is 4.79 Å². The highest BCUT2D eigenvalue weighted by atomic mass is 16.4. The van der Waals surface area contributed by atoms with E-state index < -0.39 is 11.9 Å². The average Bonchev–Trinajstić information content (AvgIpc) is 2.85. The molecule has 2 N–H and O–H groups in total. The molecule has 3 unspecified atom stereocenters. The van der Waals surface area contributed by atoms with Crippen molar-refractivity contribution in [2.45, 2.75) is 31.3 Å². The maximum absolute atomic E-state index is 12.1. The minimum absolute atomic E-state index is 0.0646. The van der Waals surface area contributed by atoms with Gasteiger partial charge in [-0.25, -0.2) is 4.79 Å². The number of carbonyl (C=O) groups excluding carboxylic acids is 1. The summed E-state index contributed by atoms with van der Waals surface area (Å²) in [5.41, 5.74) is 0. The van der Waals surface area contributed by atoms with Crippen LogP contribution in [-0.4, -0.2) is 64.3 Å². The number of amides is 2. The predicted molar refractivity (Wildman–Crippen MR) is 59.5 cm³/mol. The summed E-state index contributed by atoms with van der Waals surface area (Å²) >= 11 is 0. The van der Waals surface area contributed by atoms with Gasteiger partial charge in [-0.15, -0.1) is 0 Å². The summed E-state index contributed by atoms with van der Waals surface area (Å²) in [5, 5.41) is 17.9. The number of nitrogens with zero attached hydrogens (tertiary/aromatic N) is 2. The SMILES string of the molecule is CN(CCO)C(=O)N1C2CCC1C(C(=O)O)C2. The molecule has 0 aromatic carbocycles. The van der Waals surface area contributed by atoms with Crippen LogP contribution < -0.4 is 0 Å². The molecule has 0 aromatic rings. The highest BCUT2D eigenvalue weighted by Gasteiger charge is 2.51. The highest BCUT2D eigenvalue weighted by molar-refractivity contribution is 5.79. The number of aliphatic hydroxyl groups excluding tert-OH is 1. The summed E-state index contributed by atoms with van der Waals surface area (Å²) in [6.07, 6.45) is 2.24. The second kappa shape index (κ2) is 4.52. The topological polar surface area (TPSA) is 81.1 Å². The van der Waals surface area contributed by atoms with Gasteiger partial charge in [0.1, 0.15) is 0 Å². The first-order chi connectivity index (χ1) is 8.06. The molecule has 2 heterocycles. The smallest absolute Gasteiger partial charge is 0.320 e. The molecule has 0 saturated carbocycles. The number of rotatable bonds is 3. The lowest BCUT2D eigenvalue weighted by Crippen LogP contribution is -2.45. The molecule has 2 fully saturated rings. The standard InChI is InChI=1S/C11H18N2O4/c1-12(4-5-14)11(17)13-7-2-3-9(13)8(6-7)10(15)16/h7-9,14H,2-6H2,1H3,(H,15,16). The number of hydrogen-bond donors (Lipinski definition) is 2. The molecule has 0 radical (unpaired) electrons. The van der Waals surface area contributed by atoms with Crippen LogP contribution in [0.25, 0.3) is 0 Å². The van der Waals surface area contributed by atoms with E-state index in [4.69, 9.17) is 10.2 Å². The molecular weight excluding hydrogens is 224 g/mol. The van der Waals surface area contributed by atoms with Crippen LogP contribution in [0.1, 0.15) is 19.3 Å². The van der Waals surface area contributed by atoms with Crippen LogP contribution in [0.3, 0.4) is 0 Å². The molecule has 3 atom stereocenters. The number of urea groups is 1. The van der Waals surface area contributed by atoms with Gasteiger partial charge in [-0.05, 0) is 19.3 Å². The van der Waals surface area contributed by atoms with Crippen molar-refractivity contribution in [1.29, 1.82) is 0 Å². The van der Waals surface area contributed by atoms with Crippen molar-refractivity contribution in [2.75, 3.05) is 20.2 Å². The van der Waals surface area contributed by atoms with Crippen LogP contribution in [0.15, 0.2) is 0 Å². The molecule has 2 aliphatic heterocycles. The van der Waals surface area contributed by atoms with Gasteiger partial charge in [-0.3, -0.25) is 4.79 Å². The molecule has 0 spiro atoms. The van der Waals surface area contributed by atoms with E-state index in [2.05, 4.69) is 0 Å². The van der Waals surface area contributed by atoms with Crippen LogP contribution in [0, 0.1) is 5.92 Å². The van der Waals surface area contributed by atoms with Crippen molar-refractivity contribution in [2.24, 2.45) is 5.92 Å². The number of carboxylic acids is 1. The van der Waals surface area contributed by atoms with E-state index in [0.29, 0.717) is 6.42 Å². The Morgan fingerprint density at radius 1 is 1.41 bits per heavy atom. The third kappa shape index (κ3) is 1.97. The Balaban J connectivity index is 2.08. The summed E-state index contributed by atoms with van der Waals surface area (Å²) < 4.78 is 0. The van der Waals surface area contributed by atoms with Crippen LogP contribution in [0.5, 0.6) is 0 Å². The minimum atomic E-state index is -0.806. The summed E-state index contributed by atoms with van der Waals surface area (Å²) in [5.74, 6) is -1.22. The lowest BCUT2D eigenvalue weighted by atomic mass is 9.89. The van der Waals surface area contributed by atoms with E-state index in [1.165, 1.54) is 4.90 Å². The van der Waals surface area contributed by atoms with Crippen LogP contribution in [0.2, 0.25) is 0 Å². The first kappa shape index (κ1) is 12.2. The van der Waals surface area contributed by atoms with Crippen molar-refractivity contribution < 1.29 is 19.8 Å². The molecule has 2 rings (SSSR count). The summed E-state index contributed by atoms with van der Waals surface area (Å²) in [7, 11) is 1.63. The molecule has 0 aromatic heterocycles. The summed E-state index contributed by atoms with van der Waals surface area (Å²) in [6, 6.07) is -0.254. The van der Waals surface area contributed by atoms with Crippen molar-refractivity contribution >= 4 is 12.0 Å². The molecule has 2 aliphatic rings. The first-order valence-corrected chi connectivity index (χ1v) is 5.93. The lowest BCUT2D eigenvalue weighted by Gasteiger charge is -2.28. The maximum Gasteiger partial charge on any atom is 0.320 e. The van der Waals surface area contributed by atoms with Gasteiger partial charge in [-0.2, -0.15) is 0 Å². The molecule has 0 aliphatic carbocycles. The fourth-order valence-electron chi connectivity index (χ4n) is 2.99. The van der Waals surface area contributed by atoms with E-state index >= 15 is 0 Å². The van der Waals surface area contributed by atoms with E-state index in [-0.39, 0.29) is 31.3 Å². The van der Waals surface area contributed by atoms with Crippen molar-refractivity contribution in [3.8, 4) is 0 Å². The van der Waals surface area contributed by atoms with E-state index in [0.717, 1.165) is 12.8 Å². The van der Waals surface area contributed by atoms with Gasteiger partial charge >= 0.3 is 12.0 Å². The van der Waals surface area contributed by atoms with Crippen molar-refractivity contribution in [3.63, 3.8) is 0 Å². The quantitative estimate of drug-likeness (QED) is 0.728. The zero-order valence-corrected chi connectivity index (χ0v) is 9.87. The summed E-state index contributed by atoms with van der Waals surface area (Å²) in [4.78, 5) is 26.3. The van der Waals surface area contributed by atoms with Gasteiger partial charge in [0.15, 0.2) is 0 Å². The second-order valence-corrected chi connectivity index (χ2v) is 4.81. The normalized spacial score (nSPS) is 30.7. The van der Waals surface area contributed by atoms with Crippen LogP contribution in [-0.2, 0) is 4.79 Å². The van der Waals surface area contributed by atoms with Gasteiger partial charge in [0.2, 0.25) is 0 Å². The van der Waals surface area contributed by atoms with Crippen molar-refractivity contribution in [1.82, 2.24) is 9.80 Å². The number of fused-ring (bicyclic) bond motifs is 2. The van der Waals surface area contributed by atoms with E-state index in [9.17, 15) is 9.59 Å². The third-order valence-electron chi connectivity index (χ3n) is 3.84. The summed E-state index contributed by atoms with van der Waals surface area (Å²) in [6.45, 7) is 0.209. The second-order valence-electron chi connectivity index (χ2n) is 4.81. The van der Waals surface area contributed by atoms with Gasteiger partial charge in [0.25, 0.3) is 0 Å².